The second kappa shape index (κ2) is 6.84. The fourth-order valence-electron chi connectivity index (χ4n) is 2.80. The number of amides is 1. The molecular formula is C17H24FNO4. The Morgan fingerprint density at radius 3 is 2.70 bits per heavy atom. The van der Waals surface area contributed by atoms with E-state index >= 15 is 0 Å². The highest BCUT2D eigenvalue weighted by atomic mass is 19.1. The van der Waals surface area contributed by atoms with Crippen LogP contribution in [0.3, 0.4) is 0 Å². The minimum Gasteiger partial charge on any atom is -0.496 e. The van der Waals surface area contributed by atoms with Gasteiger partial charge >= 0.3 is 0 Å². The second-order valence-corrected chi connectivity index (χ2v) is 6.56. The van der Waals surface area contributed by atoms with E-state index in [4.69, 9.17) is 9.47 Å². The number of carbonyl (C=O) groups is 1. The summed E-state index contributed by atoms with van der Waals surface area (Å²) in [6, 6.07) is 3.80. The van der Waals surface area contributed by atoms with Gasteiger partial charge in [0.25, 0.3) is 5.91 Å². The predicted molar refractivity (Wildman–Crippen MR) is 84.1 cm³/mol. The third-order valence-corrected chi connectivity index (χ3v) is 4.68. The highest BCUT2D eigenvalue weighted by molar-refractivity contribution is 5.96. The van der Waals surface area contributed by atoms with Crippen LogP contribution in [-0.2, 0) is 4.74 Å². The Hall–Kier alpha value is -1.66. The Labute approximate surface area is 135 Å². The molecule has 1 aliphatic rings. The molecule has 0 saturated carbocycles. The lowest BCUT2D eigenvalue weighted by molar-refractivity contribution is -0.130. The molecule has 0 unspecified atom stereocenters. The Kier molecular flexibility index (Phi) is 5.26. The van der Waals surface area contributed by atoms with E-state index in [9.17, 15) is 14.3 Å². The predicted octanol–water partition coefficient (Wildman–Crippen LogP) is 2.13. The lowest BCUT2D eigenvalue weighted by Gasteiger charge is -2.45. The molecule has 0 aliphatic carbocycles. The first-order valence-electron chi connectivity index (χ1n) is 7.71. The molecule has 2 rings (SSSR count). The van der Waals surface area contributed by atoms with Gasteiger partial charge in [-0.25, -0.2) is 4.39 Å². The first kappa shape index (κ1) is 17.7. The summed E-state index contributed by atoms with van der Waals surface area (Å²) in [6.45, 7) is 5.09. The fourth-order valence-corrected chi connectivity index (χ4v) is 2.80. The molecule has 2 N–H and O–H groups in total. The zero-order chi connectivity index (χ0) is 17.1. The van der Waals surface area contributed by atoms with Crippen LogP contribution in [0.2, 0.25) is 0 Å². The zero-order valence-corrected chi connectivity index (χ0v) is 13.8. The molecule has 23 heavy (non-hydrogen) atoms. The molecule has 0 radical (unpaired) electrons. The number of benzene rings is 1. The smallest absolute Gasteiger partial charge is 0.255 e. The average molecular weight is 325 g/mol. The summed E-state index contributed by atoms with van der Waals surface area (Å²) in [6.07, 6.45) is 1.05. The standard InChI is InChI=1S/C17H24FNO4/c1-16(2,17(21)6-8-23-9-7-17)11-19-15(20)13-10-12(18)4-5-14(13)22-3/h4-5,10,21H,6-9,11H2,1-3H3,(H,19,20). The van der Waals surface area contributed by atoms with Crippen molar-refractivity contribution in [1.82, 2.24) is 5.32 Å². The Morgan fingerprint density at radius 2 is 2.09 bits per heavy atom. The number of aliphatic hydroxyl groups is 1. The van der Waals surface area contributed by atoms with Crippen LogP contribution in [-0.4, -0.2) is 43.5 Å². The summed E-state index contributed by atoms with van der Waals surface area (Å²) in [5.41, 5.74) is -1.29. The second-order valence-electron chi connectivity index (χ2n) is 6.56. The van der Waals surface area contributed by atoms with Gasteiger partial charge < -0.3 is 19.9 Å². The monoisotopic (exact) mass is 325 g/mol. The van der Waals surface area contributed by atoms with E-state index in [1.54, 1.807) is 0 Å². The van der Waals surface area contributed by atoms with Crippen LogP contribution < -0.4 is 10.1 Å². The van der Waals surface area contributed by atoms with Crippen LogP contribution >= 0.6 is 0 Å². The summed E-state index contributed by atoms with van der Waals surface area (Å²) < 4.78 is 23.8. The van der Waals surface area contributed by atoms with Gasteiger partial charge in [-0.2, -0.15) is 0 Å². The summed E-state index contributed by atoms with van der Waals surface area (Å²) in [5.74, 6) is -0.616. The molecule has 0 atom stereocenters. The molecule has 128 valence electrons. The lowest BCUT2D eigenvalue weighted by Crippen LogP contribution is -2.53. The largest absolute Gasteiger partial charge is 0.496 e. The minimum atomic E-state index is -0.898. The van der Waals surface area contributed by atoms with Crippen LogP contribution in [0.25, 0.3) is 0 Å². The van der Waals surface area contributed by atoms with Crippen molar-refractivity contribution < 1.29 is 23.8 Å². The van der Waals surface area contributed by atoms with Gasteiger partial charge in [-0.3, -0.25) is 4.79 Å². The van der Waals surface area contributed by atoms with Crippen molar-refractivity contribution in [2.75, 3.05) is 26.9 Å². The van der Waals surface area contributed by atoms with E-state index in [2.05, 4.69) is 5.32 Å². The van der Waals surface area contributed by atoms with Gasteiger partial charge in [-0.15, -0.1) is 0 Å². The van der Waals surface area contributed by atoms with Crippen molar-refractivity contribution in [2.24, 2.45) is 5.41 Å². The maximum atomic E-state index is 13.4. The SMILES string of the molecule is COc1ccc(F)cc1C(=O)NCC(C)(C)C1(O)CCOCC1. The van der Waals surface area contributed by atoms with E-state index in [-0.39, 0.29) is 12.1 Å². The van der Waals surface area contributed by atoms with Crippen molar-refractivity contribution >= 4 is 5.91 Å². The molecule has 0 aromatic heterocycles. The molecule has 1 saturated heterocycles. The van der Waals surface area contributed by atoms with E-state index in [0.717, 1.165) is 6.07 Å². The number of halogens is 1. The van der Waals surface area contributed by atoms with Gasteiger partial charge in [0.2, 0.25) is 0 Å². The van der Waals surface area contributed by atoms with Gasteiger partial charge in [-0.1, -0.05) is 13.8 Å². The molecule has 1 aromatic carbocycles. The Bertz CT molecular complexity index is 568. The Balaban J connectivity index is 2.07. The number of ether oxygens (including phenoxy) is 2. The lowest BCUT2D eigenvalue weighted by atomic mass is 9.70. The van der Waals surface area contributed by atoms with Crippen LogP contribution in [0.1, 0.15) is 37.0 Å². The highest BCUT2D eigenvalue weighted by Crippen LogP contribution is 2.38. The average Bonchev–Trinajstić information content (AvgIpc) is 2.53. The maximum absolute atomic E-state index is 13.4. The number of hydrogen-bond acceptors (Lipinski definition) is 4. The van der Waals surface area contributed by atoms with Crippen molar-refractivity contribution in [2.45, 2.75) is 32.3 Å². The van der Waals surface area contributed by atoms with Crippen molar-refractivity contribution in [3.05, 3.63) is 29.6 Å². The van der Waals surface area contributed by atoms with E-state index in [0.29, 0.717) is 31.8 Å². The first-order valence-corrected chi connectivity index (χ1v) is 7.71. The normalized spacial score (nSPS) is 17.6. The van der Waals surface area contributed by atoms with Crippen molar-refractivity contribution in [3.63, 3.8) is 0 Å². The van der Waals surface area contributed by atoms with Gasteiger partial charge in [-0.05, 0) is 18.2 Å². The molecule has 1 aliphatic heterocycles. The molecule has 1 heterocycles. The molecule has 5 nitrogen and oxygen atoms in total. The highest BCUT2D eigenvalue weighted by Gasteiger charge is 2.44. The van der Waals surface area contributed by atoms with Crippen molar-refractivity contribution in [3.8, 4) is 5.75 Å². The van der Waals surface area contributed by atoms with E-state index in [1.165, 1.54) is 19.2 Å². The van der Waals surface area contributed by atoms with Gasteiger partial charge in [0, 0.05) is 38.0 Å². The zero-order valence-electron chi connectivity index (χ0n) is 13.8. The molecule has 1 amide bonds. The first-order chi connectivity index (χ1) is 10.8. The van der Waals surface area contributed by atoms with Gasteiger partial charge in [0.1, 0.15) is 11.6 Å². The van der Waals surface area contributed by atoms with Crippen molar-refractivity contribution in [1.29, 1.82) is 0 Å². The quantitative estimate of drug-likeness (QED) is 0.870. The van der Waals surface area contributed by atoms with Crippen LogP contribution in [0.15, 0.2) is 18.2 Å². The molecular weight excluding hydrogens is 301 g/mol. The summed E-state index contributed by atoms with van der Waals surface area (Å²) >= 11 is 0. The number of carbonyl (C=O) groups excluding carboxylic acids is 1. The summed E-state index contributed by atoms with van der Waals surface area (Å²) in [5, 5.41) is 13.6. The topological polar surface area (TPSA) is 67.8 Å². The fraction of sp³-hybridized carbons (Fsp3) is 0.588. The number of hydrogen-bond donors (Lipinski definition) is 2. The third kappa shape index (κ3) is 3.82. The molecule has 1 fully saturated rings. The summed E-state index contributed by atoms with van der Waals surface area (Å²) in [4.78, 5) is 12.3. The van der Waals surface area contributed by atoms with Crippen LogP contribution in [0.4, 0.5) is 4.39 Å². The van der Waals surface area contributed by atoms with Crippen LogP contribution in [0.5, 0.6) is 5.75 Å². The van der Waals surface area contributed by atoms with E-state index < -0.39 is 22.7 Å². The van der Waals surface area contributed by atoms with Gasteiger partial charge in [0.05, 0.1) is 18.3 Å². The molecule has 1 aromatic rings. The number of rotatable bonds is 5. The molecule has 0 bridgehead atoms. The maximum Gasteiger partial charge on any atom is 0.255 e. The minimum absolute atomic E-state index is 0.141. The van der Waals surface area contributed by atoms with Crippen LogP contribution in [0, 0.1) is 11.2 Å². The number of methoxy groups -OCH3 is 1. The third-order valence-electron chi connectivity index (χ3n) is 4.68. The molecule has 6 heteroatoms. The summed E-state index contributed by atoms with van der Waals surface area (Å²) in [7, 11) is 1.43. The number of nitrogens with one attached hydrogen (secondary N) is 1. The van der Waals surface area contributed by atoms with E-state index in [1.807, 2.05) is 13.8 Å². The Morgan fingerprint density at radius 1 is 1.43 bits per heavy atom. The molecule has 0 spiro atoms. The van der Waals surface area contributed by atoms with Gasteiger partial charge in [0.15, 0.2) is 0 Å².